The Labute approximate surface area is 106 Å². The summed E-state index contributed by atoms with van der Waals surface area (Å²) in [6.07, 6.45) is 1.68. The molecule has 0 spiro atoms. The molecule has 84 valence electrons. The summed E-state index contributed by atoms with van der Waals surface area (Å²) < 4.78 is 18.6. The first kappa shape index (κ1) is 11.6. The molecule has 0 saturated heterocycles. The van der Waals surface area contributed by atoms with E-state index in [2.05, 4.69) is 20.9 Å². The number of halogens is 3. The largest absolute Gasteiger partial charge is 0.496 e. The van der Waals surface area contributed by atoms with Crippen LogP contribution in [-0.2, 0) is 5.33 Å². The van der Waals surface area contributed by atoms with Gasteiger partial charge in [-0.05, 0) is 12.1 Å². The summed E-state index contributed by atoms with van der Waals surface area (Å²) in [5, 5.41) is 1.29. The lowest BCUT2D eigenvalue weighted by molar-refractivity contribution is 0.416. The highest BCUT2D eigenvalue weighted by molar-refractivity contribution is 9.08. The van der Waals surface area contributed by atoms with Crippen LogP contribution in [0.15, 0.2) is 18.3 Å². The smallest absolute Gasteiger partial charge is 0.142 e. The molecular weight excluding hydrogens is 296 g/mol. The molecule has 16 heavy (non-hydrogen) atoms. The quantitative estimate of drug-likeness (QED) is 0.784. The van der Waals surface area contributed by atoms with Gasteiger partial charge in [0.1, 0.15) is 11.6 Å². The number of hydrogen-bond donors (Lipinski definition) is 0. The van der Waals surface area contributed by atoms with E-state index in [1.807, 2.05) is 0 Å². The maximum atomic E-state index is 13.4. The minimum absolute atomic E-state index is 0.0636. The van der Waals surface area contributed by atoms with Crippen molar-refractivity contribution in [2.24, 2.45) is 0 Å². The number of benzene rings is 1. The van der Waals surface area contributed by atoms with Gasteiger partial charge in [-0.1, -0.05) is 27.5 Å². The number of hydrogen-bond acceptors (Lipinski definition) is 2. The SMILES string of the molecule is COc1c(CBr)cnc2cc(Cl)c(F)cc12. The Morgan fingerprint density at radius 1 is 1.50 bits per heavy atom. The van der Waals surface area contributed by atoms with Gasteiger partial charge in [0.25, 0.3) is 0 Å². The Balaban J connectivity index is 2.81. The molecule has 1 aromatic heterocycles. The third kappa shape index (κ3) is 1.87. The Bertz CT molecular complexity index is 547. The lowest BCUT2D eigenvalue weighted by Gasteiger charge is -2.09. The van der Waals surface area contributed by atoms with Crippen molar-refractivity contribution in [3.8, 4) is 5.75 Å². The fraction of sp³-hybridized carbons (Fsp3) is 0.182. The van der Waals surface area contributed by atoms with Crippen LogP contribution in [0.2, 0.25) is 5.02 Å². The summed E-state index contributed by atoms with van der Waals surface area (Å²) in [5.74, 6) is 0.151. The van der Waals surface area contributed by atoms with E-state index >= 15 is 0 Å². The molecule has 2 rings (SSSR count). The van der Waals surface area contributed by atoms with Crippen molar-refractivity contribution in [1.82, 2.24) is 4.98 Å². The molecule has 0 aliphatic heterocycles. The third-order valence-electron chi connectivity index (χ3n) is 2.28. The van der Waals surface area contributed by atoms with Crippen LogP contribution in [0.4, 0.5) is 4.39 Å². The van der Waals surface area contributed by atoms with Gasteiger partial charge in [-0.15, -0.1) is 0 Å². The maximum Gasteiger partial charge on any atom is 0.142 e. The van der Waals surface area contributed by atoms with E-state index in [-0.39, 0.29) is 5.02 Å². The van der Waals surface area contributed by atoms with Crippen molar-refractivity contribution in [3.05, 3.63) is 34.7 Å². The molecule has 0 bridgehead atoms. The first-order valence-corrected chi connectivity index (χ1v) is 6.04. The number of pyridine rings is 1. The summed E-state index contributed by atoms with van der Waals surface area (Å²) in [6, 6.07) is 2.84. The second-order valence-corrected chi connectivity index (χ2v) is 4.20. The molecule has 0 aliphatic rings. The lowest BCUT2D eigenvalue weighted by atomic mass is 10.1. The number of methoxy groups -OCH3 is 1. The van der Waals surface area contributed by atoms with Gasteiger partial charge in [-0.2, -0.15) is 0 Å². The van der Waals surface area contributed by atoms with E-state index < -0.39 is 5.82 Å². The second-order valence-electron chi connectivity index (χ2n) is 3.23. The zero-order chi connectivity index (χ0) is 11.7. The minimum Gasteiger partial charge on any atom is -0.496 e. The number of alkyl halides is 1. The molecule has 2 nitrogen and oxygen atoms in total. The zero-order valence-corrected chi connectivity index (χ0v) is 10.8. The highest BCUT2D eigenvalue weighted by Crippen LogP contribution is 2.32. The van der Waals surface area contributed by atoms with Gasteiger partial charge in [0.05, 0.1) is 17.6 Å². The van der Waals surface area contributed by atoms with Gasteiger partial charge in [-0.3, -0.25) is 4.98 Å². The van der Waals surface area contributed by atoms with Gasteiger partial charge in [0.15, 0.2) is 0 Å². The second kappa shape index (κ2) is 4.55. The van der Waals surface area contributed by atoms with Gasteiger partial charge in [0.2, 0.25) is 0 Å². The van der Waals surface area contributed by atoms with Gasteiger partial charge in [-0.25, -0.2) is 4.39 Å². The van der Waals surface area contributed by atoms with Crippen LogP contribution in [0.5, 0.6) is 5.75 Å². The predicted molar refractivity (Wildman–Crippen MR) is 65.9 cm³/mol. The Kier molecular flexibility index (Phi) is 3.30. The van der Waals surface area contributed by atoms with Crippen LogP contribution in [0.3, 0.4) is 0 Å². The predicted octanol–water partition coefficient (Wildman–Crippen LogP) is 3.93. The molecule has 0 atom stereocenters. The highest BCUT2D eigenvalue weighted by atomic mass is 79.9. The molecule has 5 heteroatoms. The van der Waals surface area contributed by atoms with Crippen LogP contribution >= 0.6 is 27.5 Å². The van der Waals surface area contributed by atoms with E-state index in [9.17, 15) is 4.39 Å². The monoisotopic (exact) mass is 303 g/mol. The Hall–Kier alpha value is -0.870. The summed E-state index contributed by atoms with van der Waals surface area (Å²) in [7, 11) is 1.55. The molecular formula is C11H8BrClFNO. The molecule has 0 fully saturated rings. The number of fused-ring (bicyclic) bond motifs is 1. The van der Waals surface area contributed by atoms with E-state index in [1.165, 1.54) is 12.1 Å². The maximum absolute atomic E-state index is 13.4. The van der Waals surface area contributed by atoms with Crippen molar-refractivity contribution in [2.45, 2.75) is 5.33 Å². The summed E-state index contributed by atoms with van der Waals surface area (Å²) in [4.78, 5) is 4.20. The Morgan fingerprint density at radius 3 is 2.88 bits per heavy atom. The average molecular weight is 305 g/mol. The zero-order valence-electron chi connectivity index (χ0n) is 8.43. The molecule has 2 aromatic rings. The molecule has 0 radical (unpaired) electrons. The standard InChI is InChI=1S/C11H8BrClFNO/c1-16-11-6(4-12)5-15-10-3-8(13)9(14)2-7(10)11/h2-3,5H,4H2,1H3. The molecule has 0 saturated carbocycles. The van der Waals surface area contributed by atoms with Gasteiger partial charge >= 0.3 is 0 Å². The van der Waals surface area contributed by atoms with Crippen molar-refractivity contribution in [1.29, 1.82) is 0 Å². The summed E-state index contributed by atoms with van der Waals surface area (Å²) in [5.41, 5.74) is 1.49. The van der Waals surface area contributed by atoms with Crippen LogP contribution in [-0.4, -0.2) is 12.1 Å². The van der Waals surface area contributed by atoms with Crippen LogP contribution in [0, 0.1) is 5.82 Å². The fourth-order valence-corrected chi connectivity index (χ4v) is 2.10. The van der Waals surface area contributed by atoms with Crippen LogP contribution in [0.25, 0.3) is 10.9 Å². The molecule has 1 heterocycles. The van der Waals surface area contributed by atoms with E-state index in [0.29, 0.717) is 22.0 Å². The van der Waals surface area contributed by atoms with Crippen LogP contribution in [0.1, 0.15) is 5.56 Å². The normalized spacial score (nSPS) is 10.8. The summed E-state index contributed by atoms with van der Waals surface area (Å²) >= 11 is 9.02. The van der Waals surface area contributed by atoms with Gasteiger partial charge < -0.3 is 4.74 Å². The molecule has 0 N–H and O–H groups in total. The summed E-state index contributed by atoms with van der Waals surface area (Å²) in [6.45, 7) is 0. The van der Waals surface area contributed by atoms with E-state index in [4.69, 9.17) is 16.3 Å². The lowest BCUT2D eigenvalue weighted by Crippen LogP contribution is -1.94. The molecule has 0 amide bonds. The number of rotatable bonds is 2. The van der Waals surface area contributed by atoms with Crippen molar-refractivity contribution >= 4 is 38.4 Å². The highest BCUT2D eigenvalue weighted by Gasteiger charge is 2.11. The molecule has 0 unspecified atom stereocenters. The number of ether oxygens (including phenoxy) is 1. The number of nitrogens with zero attached hydrogens (tertiary/aromatic N) is 1. The van der Waals surface area contributed by atoms with E-state index in [1.54, 1.807) is 13.3 Å². The number of aromatic nitrogens is 1. The van der Waals surface area contributed by atoms with Crippen molar-refractivity contribution in [2.75, 3.05) is 7.11 Å². The molecule has 1 aromatic carbocycles. The topological polar surface area (TPSA) is 22.1 Å². The van der Waals surface area contributed by atoms with Crippen molar-refractivity contribution in [3.63, 3.8) is 0 Å². The first-order valence-electron chi connectivity index (χ1n) is 4.54. The first-order chi connectivity index (χ1) is 7.67. The third-order valence-corrected chi connectivity index (χ3v) is 3.18. The fourth-order valence-electron chi connectivity index (χ4n) is 1.54. The average Bonchev–Trinajstić information content (AvgIpc) is 2.29. The molecule has 0 aliphatic carbocycles. The van der Waals surface area contributed by atoms with E-state index in [0.717, 1.165) is 5.56 Å². The van der Waals surface area contributed by atoms with Crippen LogP contribution < -0.4 is 4.74 Å². The minimum atomic E-state index is -0.471. The Morgan fingerprint density at radius 2 is 2.25 bits per heavy atom. The van der Waals surface area contributed by atoms with Gasteiger partial charge in [0, 0.05) is 22.5 Å². The van der Waals surface area contributed by atoms with Crippen molar-refractivity contribution < 1.29 is 9.13 Å².